The molecule has 0 bridgehead atoms. The molecule has 0 aliphatic carbocycles. The zero-order valence-electron chi connectivity index (χ0n) is 66.6. The van der Waals surface area contributed by atoms with E-state index in [9.17, 15) is 0 Å². The number of nitrogens with zero attached hydrogens (tertiary/aromatic N) is 12. The van der Waals surface area contributed by atoms with Gasteiger partial charge in [-0.15, -0.1) is 0 Å². The first-order valence-electron chi connectivity index (χ1n) is 42.0. The molecule has 0 unspecified atom stereocenters. The fourth-order valence-corrected chi connectivity index (χ4v) is 19.7. The van der Waals surface area contributed by atoms with Gasteiger partial charge in [-0.2, -0.15) is 15.0 Å². The number of para-hydroxylation sites is 7. The van der Waals surface area contributed by atoms with Gasteiger partial charge in [0.05, 0.1) is 66.2 Å². The highest BCUT2D eigenvalue weighted by Gasteiger charge is 2.29. The lowest BCUT2D eigenvalue weighted by atomic mass is 9.99. The molecule has 0 aliphatic rings. The molecular weight excluding hydrogens is 1510 g/mol. The van der Waals surface area contributed by atoms with Crippen molar-refractivity contribution >= 4 is 142 Å². The van der Waals surface area contributed by atoms with E-state index in [1.807, 2.05) is 36.4 Å². The summed E-state index contributed by atoms with van der Waals surface area (Å²) in [7, 11) is 0. The molecule has 8 aromatic heterocycles. The van der Waals surface area contributed by atoms with Gasteiger partial charge in [0.15, 0.2) is 23.3 Å². The summed E-state index contributed by atoms with van der Waals surface area (Å²) in [5, 5.41) is 15.6. The molecule has 0 aliphatic heterocycles. The van der Waals surface area contributed by atoms with Crippen LogP contribution < -0.4 is 0 Å². The van der Waals surface area contributed by atoms with Crippen molar-refractivity contribution in [2.45, 2.75) is 0 Å². The van der Waals surface area contributed by atoms with Gasteiger partial charge < -0.3 is 18.3 Å². The van der Waals surface area contributed by atoms with Crippen LogP contribution in [0.25, 0.3) is 244 Å². The van der Waals surface area contributed by atoms with Gasteiger partial charge in [0, 0.05) is 110 Å². The van der Waals surface area contributed by atoms with Crippen LogP contribution in [0.5, 0.6) is 0 Å². The molecule has 18 aromatic carbocycles. The zero-order chi connectivity index (χ0) is 81.2. The molecule has 0 atom stereocenters. The highest BCUT2D eigenvalue weighted by molar-refractivity contribution is 6.26. The number of hydrogen-bond donors (Lipinski definition) is 0. The zero-order valence-corrected chi connectivity index (χ0v) is 66.6. The molecule has 0 amide bonds. The highest BCUT2D eigenvalue weighted by Crippen LogP contribution is 2.48. The van der Waals surface area contributed by atoms with Crippen molar-refractivity contribution in [2.75, 3.05) is 0 Å². The lowest BCUT2D eigenvalue weighted by Crippen LogP contribution is -2.11. The second kappa shape index (κ2) is 27.3. The lowest BCUT2D eigenvalue weighted by Gasteiger charge is -2.15. The van der Waals surface area contributed by atoms with E-state index in [2.05, 4.69) is 404 Å². The number of fused-ring (bicyclic) bond motifs is 21. The van der Waals surface area contributed by atoms with Crippen molar-refractivity contribution < 1.29 is 0 Å². The standard InChI is InChI=1S/C112H68N12/c1-6-28-70(29-7-1)107-113-108(71-30-8-2-9-31-71)115-109(114-107)77-33-26-40-82(64-77)120-100-61-53-74(73-52-60-99-92(65-73)86-44-21-22-45-95(86)119(99)79-34-10-3-11-35-79)66-93(100)87-55-51-76(68-102(87)120)75-54-62-101-94(67-75)91-59-58-90-85-43-20-25-48-98(85)124(106(90)104(91)122(101)81-38-14-5-15-39-81)112-117-110(78-50-49-69-27-16-17-32-72(69)63-78)116-111(118-112)123-97-47-24-19-42-84(97)89-57-56-88-83-41-18-23-46-96(83)121(103(88)105(89)123)80-36-12-4-13-37-80/h1-68H. The van der Waals surface area contributed by atoms with Crippen LogP contribution in [0.2, 0.25) is 0 Å². The molecule has 0 fully saturated rings. The third kappa shape index (κ3) is 10.6. The van der Waals surface area contributed by atoms with Gasteiger partial charge in [0.1, 0.15) is 0 Å². The summed E-state index contributed by atoms with van der Waals surface area (Å²) < 4.78 is 14.3. The van der Waals surface area contributed by atoms with Crippen molar-refractivity contribution in [2.24, 2.45) is 0 Å². The van der Waals surface area contributed by atoms with Crippen LogP contribution in [-0.4, -0.2) is 57.3 Å². The van der Waals surface area contributed by atoms with Crippen LogP contribution >= 0.6 is 0 Å². The molecule has 0 saturated heterocycles. The highest BCUT2D eigenvalue weighted by atomic mass is 15.3. The summed E-state index contributed by atoms with van der Waals surface area (Å²) in [5.41, 5.74) is 24.7. The number of rotatable bonds is 12. The van der Waals surface area contributed by atoms with E-state index in [-0.39, 0.29) is 0 Å². The monoisotopic (exact) mass is 1580 g/mol. The molecule has 26 aromatic rings. The molecule has 124 heavy (non-hydrogen) atoms. The fraction of sp³-hybridized carbons (Fsp3) is 0. The Labute approximate surface area is 709 Å². The predicted octanol–water partition coefficient (Wildman–Crippen LogP) is 27.8. The Morgan fingerprint density at radius 2 is 0.435 bits per heavy atom. The van der Waals surface area contributed by atoms with Crippen LogP contribution in [0.4, 0.5) is 0 Å². The maximum Gasteiger partial charge on any atom is 0.240 e. The average Bonchev–Trinajstić information content (AvgIpc) is 1.54. The molecule has 576 valence electrons. The van der Waals surface area contributed by atoms with Crippen molar-refractivity contribution in [3.63, 3.8) is 0 Å². The lowest BCUT2D eigenvalue weighted by molar-refractivity contribution is 0.893. The SMILES string of the molecule is c1ccc(-c2nc(-c3ccccc3)nc(-c3cccc(-n4c5ccc(-c6ccc7c(c6)c6ccccc6n7-c6ccccc6)cc5c5ccc(-c6ccc7c(c6)c6ccc8c9ccccc9n(-c9nc(-c%10ccc%11ccccc%11c%10)nc(-n%10c%11ccccc%11c%11ccc%12c%13ccccc%13n(-c%13ccccc%13)c%12c%11%10)n9)c8c6n7-c6ccccc6)cc54)c3)n2)cc1. The molecule has 0 saturated carbocycles. The first kappa shape index (κ1) is 69.0. The molecule has 0 spiro atoms. The average molecular weight is 1580 g/mol. The van der Waals surface area contributed by atoms with Gasteiger partial charge in [-0.05, 0) is 154 Å². The minimum atomic E-state index is 0.482. The quantitative estimate of drug-likeness (QED) is 0.121. The summed E-state index contributed by atoms with van der Waals surface area (Å²) in [6.45, 7) is 0. The Kier molecular flexibility index (Phi) is 15.2. The van der Waals surface area contributed by atoms with Crippen LogP contribution in [0.1, 0.15) is 0 Å². The number of hydrogen-bond acceptors (Lipinski definition) is 6. The molecule has 12 nitrogen and oxygen atoms in total. The third-order valence-corrected chi connectivity index (χ3v) is 25.3. The molecule has 0 radical (unpaired) electrons. The van der Waals surface area contributed by atoms with Gasteiger partial charge >= 0.3 is 0 Å². The number of aromatic nitrogens is 12. The largest absolute Gasteiger partial charge is 0.309 e. The van der Waals surface area contributed by atoms with Gasteiger partial charge in [-0.25, -0.2) is 15.0 Å². The minimum absolute atomic E-state index is 0.482. The third-order valence-electron chi connectivity index (χ3n) is 25.3. The molecular formula is C112H68N12. The summed E-state index contributed by atoms with van der Waals surface area (Å²) in [5.74, 6) is 3.31. The summed E-state index contributed by atoms with van der Waals surface area (Å²) >= 11 is 0. The second-order valence-electron chi connectivity index (χ2n) is 32.1. The summed E-state index contributed by atoms with van der Waals surface area (Å²) in [6.07, 6.45) is 0. The minimum Gasteiger partial charge on any atom is -0.309 e. The topological polar surface area (TPSA) is 107 Å². The van der Waals surface area contributed by atoms with E-state index in [1.54, 1.807) is 0 Å². The van der Waals surface area contributed by atoms with E-state index < -0.39 is 0 Å². The van der Waals surface area contributed by atoms with E-state index in [1.165, 1.54) is 16.3 Å². The van der Waals surface area contributed by atoms with Gasteiger partial charge in [-0.1, -0.05) is 291 Å². The van der Waals surface area contributed by atoms with Crippen LogP contribution in [-0.2, 0) is 0 Å². The smallest absolute Gasteiger partial charge is 0.240 e. The molecule has 12 heteroatoms. The second-order valence-corrected chi connectivity index (χ2v) is 32.1. The Hall–Kier alpha value is -17.0. The molecule has 8 heterocycles. The molecule has 26 rings (SSSR count). The Bertz CT molecular complexity index is 8870. The van der Waals surface area contributed by atoms with Crippen molar-refractivity contribution in [3.05, 3.63) is 413 Å². The Morgan fingerprint density at radius 3 is 0.935 bits per heavy atom. The predicted molar refractivity (Wildman–Crippen MR) is 509 cm³/mol. The maximum atomic E-state index is 5.93. The van der Waals surface area contributed by atoms with E-state index in [4.69, 9.17) is 29.9 Å². The van der Waals surface area contributed by atoms with Gasteiger partial charge in [-0.3, -0.25) is 9.13 Å². The first-order chi connectivity index (χ1) is 61.5. The Balaban J connectivity index is 0.696. The van der Waals surface area contributed by atoms with E-state index in [0.29, 0.717) is 35.2 Å². The van der Waals surface area contributed by atoms with Crippen LogP contribution in [0.3, 0.4) is 0 Å². The van der Waals surface area contributed by atoms with Crippen molar-refractivity contribution in [1.82, 2.24) is 57.3 Å². The van der Waals surface area contributed by atoms with E-state index >= 15 is 0 Å². The Morgan fingerprint density at radius 1 is 0.137 bits per heavy atom. The van der Waals surface area contributed by atoms with Crippen molar-refractivity contribution in [1.29, 1.82) is 0 Å². The van der Waals surface area contributed by atoms with Gasteiger partial charge in [0.2, 0.25) is 11.9 Å². The first-order valence-corrected chi connectivity index (χ1v) is 42.0. The van der Waals surface area contributed by atoms with Gasteiger partial charge in [0.25, 0.3) is 0 Å². The van der Waals surface area contributed by atoms with E-state index in [0.717, 1.165) is 193 Å². The maximum absolute atomic E-state index is 5.93. The summed E-state index contributed by atoms with van der Waals surface area (Å²) in [6, 6.07) is 148. The fourth-order valence-electron chi connectivity index (χ4n) is 19.7. The molecule has 0 N–H and O–H groups in total. The normalized spacial score (nSPS) is 12.0. The van der Waals surface area contributed by atoms with Crippen LogP contribution in [0.15, 0.2) is 413 Å². The summed E-state index contributed by atoms with van der Waals surface area (Å²) in [4.78, 5) is 33.0. The number of benzene rings is 18. The van der Waals surface area contributed by atoms with Crippen LogP contribution in [0, 0.1) is 0 Å². The van der Waals surface area contributed by atoms with Crippen molar-refractivity contribution in [3.8, 4) is 102 Å².